The third-order valence-corrected chi connectivity index (χ3v) is 3.47. The normalized spacial score (nSPS) is 12.9. The van der Waals surface area contributed by atoms with Crippen molar-refractivity contribution in [3.8, 4) is 0 Å². The molecule has 0 amide bonds. The Balaban J connectivity index is 2.16. The Morgan fingerprint density at radius 3 is 2.63 bits per heavy atom. The highest BCUT2D eigenvalue weighted by Crippen LogP contribution is 2.22. The summed E-state index contributed by atoms with van der Waals surface area (Å²) in [4.78, 5) is 4.48. The second-order valence-corrected chi connectivity index (χ2v) is 5.24. The summed E-state index contributed by atoms with van der Waals surface area (Å²) in [7, 11) is 0. The standard InChI is InChI=1S/C15H21N3O/c1-10(2)13(9-16)15-17-14(18-19-15)8-12-7-5-4-6-11(12)3/h4-7,10,13H,8-9,16H2,1-3H3. The average molecular weight is 259 g/mol. The fraction of sp³-hybridized carbons (Fsp3) is 0.467. The maximum Gasteiger partial charge on any atom is 0.231 e. The Labute approximate surface area is 114 Å². The van der Waals surface area contributed by atoms with Crippen molar-refractivity contribution in [2.24, 2.45) is 11.7 Å². The van der Waals surface area contributed by atoms with Crippen LogP contribution in [0, 0.1) is 12.8 Å². The van der Waals surface area contributed by atoms with Gasteiger partial charge in [0.15, 0.2) is 5.82 Å². The lowest BCUT2D eigenvalue weighted by Gasteiger charge is -2.13. The van der Waals surface area contributed by atoms with Crippen molar-refractivity contribution in [2.75, 3.05) is 6.54 Å². The van der Waals surface area contributed by atoms with Crippen molar-refractivity contribution in [1.29, 1.82) is 0 Å². The van der Waals surface area contributed by atoms with E-state index >= 15 is 0 Å². The van der Waals surface area contributed by atoms with Crippen LogP contribution in [0.5, 0.6) is 0 Å². The molecule has 1 aromatic carbocycles. The van der Waals surface area contributed by atoms with Gasteiger partial charge >= 0.3 is 0 Å². The van der Waals surface area contributed by atoms with Gasteiger partial charge < -0.3 is 10.3 Å². The van der Waals surface area contributed by atoms with E-state index in [0.29, 0.717) is 24.8 Å². The van der Waals surface area contributed by atoms with Crippen LogP contribution in [0.4, 0.5) is 0 Å². The van der Waals surface area contributed by atoms with Gasteiger partial charge in [-0.05, 0) is 24.0 Å². The first kappa shape index (κ1) is 13.7. The maximum atomic E-state index is 5.76. The Morgan fingerprint density at radius 1 is 1.26 bits per heavy atom. The molecule has 1 heterocycles. The summed E-state index contributed by atoms with van der Waals surface area (Å²) in [5.74, 6) is 1.92. The van der Waals surface area contributed by atoms with Gasteiger partial charge in [-0.15, -0.1) is 0 Å². The summed E-state index contributed by atoms with van der Waals surface area (Å²) in [6.07, 6.45) is 0.700. The van der Waals surface area contributed by atoms with Crippen molar-refractivity contribution in [3.63, 3.8) is 0 Å². The Morgan fingerprint density at radius 2 is 2.00 bits per heavy atom. The van der Waals surface area contributed by atoms with Gasteiger partial charge in [0.2, 0.25) is 5.89 Å². The zero-order valence-corrected chi connectivity index (χ0v) is 11.8. The van der Waals surface area contributed by atoms with Gasteiger partial charge in [-0.3, -0.25) is 0 Å². The summed E-state index contributed by atoms with van der Waals surface area (Å²) in [5.41, 5.74) is 8.23. The van der Waals surface area contributed by atoms with Crippen molar-refractivity contribution in [3.05, 3.63) is 47.1 Å². The first-order chi connectivity index (χ1) is 9.11. The van der Waals surface area contributed by atoms with Crippen LogP contribution in [0.15, 0.2) is 28.8 Å². The molecule has 1 unspecified atom stereocenters. The molecule has 0 bridgehead atoms. The summed E-state index contributed by atoms with van der Waals surface area (Å²) >= 11 is 0. The third-order valence-electron chi connectivity index (χ3n) is 3.47. The zero-order chi connectivity index (χ0) is 13.8. The number of aryl methyl sites for hydroxylation is 1. The van der Waals surface area contributed by atoms with E-state index in [1.807, 2.05) is 12.1 Å². The number of benzene rings is 1. The zero-order valence-electron chi connectivity index (χ0n) is 11.8. The molecule has 4 heteroatoms. The predicted molar refractivity (Wildman–Crippen MR) is 74.9 cm³/mol. The number of nitrogens with zero attached hydrogens (tertiary/aromatic N) is 2. The number of aromatic nitrogens is 2. The number of hydrogen-bond acceptors (Lipinski definition) is 4. The van der Waals surface area contributed by atoms with Crippen molar-refractivity contribution in [1.82, 2.24) is 10.1 Å². The molecule has 2 N–H and O–H groups in total. The molecule has 1 aromatic heterocycles. The van der Waals surface area contributed by atoms with E-state index in [1.165, 1.54) is 11.1 Å². The van der Waals surface area contributed by atoms with Crippen LogP contribution in [0.3, 0.4) is 0 Å². The van der Waals surface area contributed by atoms with Gasteiger partial charge in [-0.1, -0.05) is 43.3 Å². The van der Waals surface area contributed by atoms with E-state index in [0.717, 1.165) is 5.82 Å². The Hall–Kier alpha value is -1.68. The average Bonchev–Trinajstić information content (AvgIpc) is 2.81. The minimum absolute atomic E-state index is 0.137. The summed E-state index contributed by atoms with van der Waals surface area (Å²) < 4.78 is 5.35. The van der Waals surface area contributed by atoms with E-state index in [-0.39, 0.29) is 5.92 Å². The topological polar surface area (TPSA) is 64.9 Å². The first-order valence-electron chi connectivity index (χ1n) is 6.69. The van der Waals surface area contributed by atoms with E-state index in [9.17, 15) is 0 Å². The molecule has 4 nitrogen and oxygen atoms in total. The Kier molecular flexibility index (Phi) is 4.32. The lowest BCUT2D eigenvalue weighted by Crippen LogP contribution is -2.18. The molecule has 2 rings (SSSR count). The maximum absolute atomic E-state index is 5.76. The van der Waals surface area contributed by atoms with Gasteiger partial charge in [0.1, 0.15) is 0 Å². The second kappa shape index (κ2) is 5.97. The molecular formula is C15H21N3O. The monoisotopic (exact) mass is 259 g/mol. The van der Waals surface area contributed by atoms with Crippen LogP contribution in [0.2, 0.25) is 0 Å². The number of rotatable bonds is 5. The molecule has 0 saturated heterocycles. The Bertz CT molecular complexity index is 534. The lowest BCUT2D eigenvalue weighted by atomic mass is 9.96. The first-order valence-corrected chi connectivity index (χ1v) is 6.69. The van der Waals surface area contributed by atoms with Gasteiger partial charge in [0.05, 0.1) is 5.92 Å². The van der Waals surface area contributed by atoms with Gasteiger partial charge in [-0.25, -0.2) is 0 Å². The fourth-order valence-corrected chi connectivity index (χ4v) is 2.13. The highest BCUT2D eigenvalue weighted by molar-refractivity contribution is 5.28. The molecular weight excluding hydrogens is 238 g/mol. The van der Waals surface area contributed by atoms with Crippen LogP contribution < -0.4 is 5.73 Å². The van der Waals surface area contributed by atoms with Crippen LogP contribution in [0.25, 0.3) is 0 Å². The van der Waals surface area contributed by atoms with Crippen molar-refractivity contribution < 1.29 is 4.52 Å². The smallest absolute Gasteiger partial charge is 0.231 e. The minimum atomic E-state index is 0.137. The molecule has 19 heavy (non-hydrogen) atoms. The fourth-order valence-electron chi connectivity index (χ4n) is 2.13. The lowest BCUT2D eigenvalue weighted by molar-refractivity contribution is 0.322. The van der Waals surface area contributed by atoms with E-state index in [2.05, 4.69) is 43.0 Å². The second-order valence-electron chi connectivity index (χ2n) is 5.24. The van der Waals surface area contributed by atoms with Crippen molar-refractivity contribution >= 4 is 0 Å². The van der Waals surface area contributed by atoms with Gasteiger partial charge in [-0.2, -0.15) is 4.98 Å². The van der Waals surface area contributed by atoms with Crippen molar-refractivity contribution in [2.45, 2.75) is 33.1 Å². The minimum Gasteiger partial charge on any atom is -0.339 e. The molecule has 0 fully saturated rings. The van der Waals surface area contributed by atoms with Crippen LogP contribution in [-0.4, -0.2) is 16.7 Å². The van der Waals surface area contributed by atoms with E-state index < -0.39 is 0 Å². The van der Waals surface area contributed by atoms with E-state index in [1.54, 1.807) is 0 Å². The van der Waals surface area contributed by atoms with Crippen LogP contribution in [-0.2, 0) is 6.42 Å². The molecule has 0 aliphatic carbocycles. The molecule has 0 aliphatic rings. The van der Waals surface area contributed by atoms with Gasteiger partial charge in [0.25, 0.3) is 0 Å². The molecule has 0 spiro atoms. The largest absolute Gasteiger partial charge is 0.339 e. The predicted octanol–water partition coefficient (Wildman–Crippen LogP) is 2.67. The molecule has 102 valence electrons. The number of hydrogen-bond donors (Lipinski definition) is 1. The third kappa shape index (κ3) is 3.20. The molecule has 0 saturated carbocycles. The summed E-state index contributed by atoms with van der Waals surface area (Å²) in [6.45, 7) is 6.85. The highest BCUT2D eigenvalue weighted by atomic mass is 16.5. The van der Waals surface area contributed by atoms with Crippen LogP contribution in [0.1, 0.15) is 42.6 Å². The number of nitrogens with two attached hydrogens (primary N) is 1. The van der Waals surface area contributed by atoms with Crippen LogP contribution >= 0.6 is 0 Å². The molecule has 0 aliphatic heterocycles. The molecule has 2 aromatic rings. The van der Waals surface area contributed by atoms with E-state index in [4.69, 9.17) is 10.3 Å². The molecule has 0 radical (unpaired) electrons. The summed E-state index contributed by atoms with van der Waals surface area (Å²) in [6, 6.07) is 8.24. The SMILES string of the molecule is Cc1ccccc1Cc1noc(C(CN)C(C)C)n1. The highest BCUT2D eigenvalue weighted by Gasteiger charge is 2.21. The molecule has 1 atom stereocenters. The van der Waals surface area contributed by atoms with Gasteiger partial charge in [0, 0.05) is 13.0 Å². The summed E-state index contributed by atoms with van der Waals surface area (Å²) in [5, 5.41) is 4.06. The quantitative estimate of drug-likeness (QED) is 0.896.